The molecule has 88 valence electrons. The zero-order chi connectivity index (χ0) is 12.7. The summed E-state index contributed by atoms with van der Waals surface area (Å²) in [5.41, 5.74) is 0.00792. The van der Waals surface area contributed by atoms with Crippen molar-refractivity contribution >= 4 is 27.2 Å². The Kier molecular flexibility index (Phi) is 2.16. The lowest BCUT2D eigenvalue weighted by Gasteiger charge is -2.06. The summed E-state index contributed by atoms with van der Waals surface area (Å²) >= 11 is 0. The van der Waals surface area contributed by atoms with E-state index in [0.717, 1.165) is 10.8 Å². The standard InChI is InChI=1S/C14H9NO3/c16-14-8-12-10(6-3-7-13(12)15(17)18)9-4-1-2-5-11(9)14/h1-8,16H. The molecule has 0 aliphatic rings. The van der Waals surface area contributed by atoms with E-state index in [1.165, 1.54) is 12.1 Å². The van der Waals surface area contributed by atoms with Gasteiger partial charge in [-0.25, -0.2) is 0 Å². The summed E-state index contributed by atoms with van der Waals surface area (Å²) in [6, 6.07) is 13.7. The van der Waals surface area contributed by atoms with E-state index in [1.54, 1.807) is 12.1 Å². The fourth-order valence-corrected chi connectivity index (χ4v) is 2.25. The van der Waals surface area contributed by atoms with E-state index in [0.29, 0.717) is 10.8 Å². The van der Waals surface area contributed by atoms with Gasteiger partial charge < -0.3 is 5.11 Å². The Morgan fingerprint density at radius 2 is 1.50 bits per heavy atom. The van der Waals surface area contributed by atoms with Crippen LogP contribution in [0.15, 0.2) is 48.5 Å². The van der Waals surface area contributed by atoms with Gasteiger partial charge in [0.15, 0.2) is 0 Å². The van der Waals surface area contributed by atoms with Crippen molar-refractivity contribution in [2.75, 3.05) is 0 Å². The molecule has 0 amide bonds. The molecule has 0 aliphatic heterocycles. The number of benzene rings is 3. The van der Waals surface area contributed by atoms with E-state index in [4.69, 9.17) is 0 Å². The summed E-state index contributed by atoms with van der Waals surface area (Å²) in [6.45, 7) is 0. The SMILES string of the molecule is O=[N+]([O-])c1cccc2c1cc(O)c1ccccc12. The summed E-state index contributed by atoms with van der Waals surface area (Å²) in [5.74, 6) is 0.0624. The van der Waals surface area contributed by atoms with E-state index in [-0.39, 0.29) is 11.4 Å². The molecule has 4 nitrogen and oxygen atoms in total. The summed E-state index contributed by atoms with van der Waals surface area (Å²) in [4.78, 5) is 10.6. The summed E-state index contributed by atoms with van der Waals surface area (Å²) in [7, 11) is 0. The number of fused-ring (bicyclic) bond motifs is 3. The minimum Gasteiger partial charge on any atom is -0.507 e. The average Bonchev–Trinajstić information content (AvgIpc) is 2.38. The van der Waals surface area contributed by atoms with Crippen molar-refractivity contribution in [3.05, 3.63) is 58.6 Å². The predicted octanol–water partition coefficient (Wildman–Crippen LogP) is 3.61. The number of non-ortho nitro benzene ring substituents is 1. The third-order valence-electron chi connectivity index (χ3n) is 3.05. The highest BCUT2D eigenvalue weighted by atomic mass is 16.6. The molecule has 0 aromatic heterocycles. The van der Waals surface area contributed by atoms with Gasteiger partial charge >= 0.3 is 0 Å². The first-order valence-electron chi connectivity index (χ1n) is 5.46. The third kappa shape index (κ3) is 1.39. The molecular formula is C14H9NO3. The summed E-state index contributed by atoms with van der Waals surface area (Å²) < 4.78 is 0. The van der Waals surface area contributed by atoms with Crippen LogP contribution in [0.3, 0.4) is 0 Å². The highest BCUT2D eigenvalue weighted by molar-refractivity contribution is 6.12. The molecule has 4 heteroatoms. The summed E-state index contributed by atoms with van der Waals surface area (Å²) in [6.07, 6.45) is 0. The Morgan fingerprint density at radius 1 is 0.889 bits per heavy atom. The zero-order valence-electron chi connectivity index (χ0n) is 9.33. The smallest absolute Gasteiger partial charge is 0.277 e. The van der Waals surface area contributed by atoms with Crippen LogP contribution < -0.4 is 0 Å². The number of nitro groups is 1. The first-order valence-corrected chi connectivity index (χ1v) is 5.46. The Hall–Kier alpha value is -2.62. The minimum absolute atomic E-state index is 0.00792. The molecule has 0 radical (unpaired) electrons. The fraction of sp³-hybridized carbons (Fsp3) is 0. The molecule has 3 aromatic carbocycles. The average molecular weight is 239 g/mol. The first-order chi connectivity index (χ1) is 8.68. The maximum atomic E-state index is 11.0. The molecule has 0 bridgehead atoms. The number of hydrogen-bond donors (Lipinski definition) is 1. The maximum Gasteiger partial charge on any atom is 0.277 e. The second-order valence-electron chi connectivity index (χ2n) is 4.07. The number of rotatable bonds is 1. The Labute approximate surface area is 102 Å². The van der Waals surface area contributed by atoms with Gasteiger partial charge in [0.05, 0.1) is 10.3 Å². The third-order valence-corrected chi connectivity index (χ3v) is 3.05. The van der Waals surface area contributed by atoms with Crippen LogP contribution in [0.5, 0.6) is 5.75 Å². The second kappa shape index (κ2) is 3.70. The molecule has 1 N–H and O–H groups in total. The lowest BCUT2D eigenvalue weighted by atomic mass is 10.00. The van der Waals surface area contributed by atoms with Crippen molar-refractivity contribution in [1.29, 1.82) is 0 Å². The van der Waals surface area contributed by atoms with Crippen molar-refractivity contribution in [1.82, 2.24) is 0 Å². The van der Waals surface area contributed by atoms with Crippen molar-refractivity contribution in [2.45, 2.75) is 0 Å². The molecule has 0 aliphatic carbocycles. The molecule has 0 heterocycles. The van der Waals surface area contributed by atoms with Crippen LogP contribution in [0, 0.1) is 10.1 Å². The van der Waals surface area contributed by atoms with Crippen LogP contribution >= 0.6 is 0 Å². The van der Waals surface area contributed by atoms with Gasteiger partial charge in [-0.15, -0.1) is 0 Å². The number of nitrogens with zero attached hydrogens (tertiary/aromatic N) is 1. The number of phenols is 1. The van der Waals surface area contributed by atoms with Crippen LogP contribution in [-0.2, 0) is 0 Å². The predicted molar refractivity (Wildman–Crippen MR) is 69.8 cm³/mol. The first kappa shape index (κ1) is 10.5. The molecule has 0 spiro atoms. The minimum atomic E-state index is -0.434. The van der Waals surface area contributed by atoms with Crippen LogP contribution in [0.2, 0.25) is 0 Å². The van der Waals surface area contributed by atoms with Gasteiger partial charge in [0.2, 0.25) is 0 Å². The molecule has 3 rings (SSSR count). The van der Waals surface area contributed by atoms with Crippen molar-refractivity contribution < 1.29 is 10.0 Å². The molecular weight excluding hydrogens is 230 g/mol. The van der Waals surface area contributed by atoms with Crippen LogP contribution in [0.25, 0.3) is 21.5 Å². The normalized spacial score (nSPS) is 10.9. The zero-order valence-corrected chi connectivity index (χ0v) is 9.33. The van der Waals surface area contributed by atoms with Crippen molar-refractivity contribution in [2.24, 2.45) is 0 Å². The quantitative estimate of drug-likeness (QED) is 0.401. The topological polar surface area (TPSA) is 63.4 Å². The Bertz CT molecular complexity index is 780. The second-order valence-corrected chi connectivity index (χ2v) is 4.07. The van der Waals surface area contributed by atoms with Gasteiger partial charge in [-0.2, -0.15) is 0 Å². The van der Waals surface area contributed by atoms with E-state index in [1.807, 2.05) is 24.3 Å². The van der Waals surface area contributed by atoms with E-state index in [9.17, 15) is 15.2 Å². The molecule has 0 atom stereocenters. The van der Waals surface area contributed by atoms with Gasteiger partial charge in [-0.05, 0) is 16.8 Å². The number of nitro benzene ring substituents is 1. The fourth-order valence-electron chi connectivity index (χ4n) is 2.25. The van der Waals surface area contributed by atoms with Crippen LogP contribution in [-0.4, -0.2) is 10.0 Å². The van der Waals surface area contributed by atoms with E-state index in [2.05, 4.69) is 0 Å². The molecule has 0 fully saturated rings. The highest BCUT2D eigenvalue weighted by Crippen LogP contribution is 2.36. The Morgan fingerprint density at radius 3 is 2.22 bits per heavy atom. The molecule has 0 saturated carbocycles. The van der Waals surface area contributed by atoms with Crippen LogP contribution in [0.1, 0.15) is 0 Å². The molecule has 0 saturated heterocycles. The maximum absolute atomic E-state index is 11.0. The molecule has 0 unspecified atom stereocenters. The van der Waals surface area contributed by atoms with E-state index >= 15 is 0 Å². The monoisotopic (exact) mass is 239 g/mol. The number of aromatic hydroxyl groups is 1. The largest absolute Gasteiger partial charge is 0.507 e. The lowest BCUT2D eigenvalue weighted by molar-refractivity contribution is -0.383. The van der Waals surface area contributed by atoms with E-state index < -0.39 is 4.92 Å². The van der Waals surface area contributed by atoms with Crippen molar-refractivity contribution in [3.63, 3.8) is 0 Å². The van der Waals surface area contributed by atoms with Gasteiger partial charge in [0.1, 0.15) is 5.75 Å². The van der Waals surface area contributed by atoms with Crippen molar-refractivity contribution in [3.8, 4) is 5.75 Å². The van der Waals surface area contributed by atoms with Crippen LogP contribution in [0.4, 0.5) is 5.69 Å². The van der Waals surface area contributed by atoms with Gasteiger partial charge in [-0.3, -0.25) is 10.1 Å². The Balaban J connectivity index is 2.58. The molecule has 18 heavy (non-hydrogen) atoms. The van der Waals surface area contributed by atoms with Gasteiger partial charge in [0.25, 0.3) is 5.69 Å². The van der Waals surface area contributed by atoms with Gasteiger partial charge in [0, 0.05) is 11.5 Å². The van der Waals surface area contributed by atoms with Gasteiger partial charge in [-0.1, -0.05) is 36.4 Å². The summed E-state index contributed by atoms with van der Waals surface area (Å²) in [5, 5.41) is 23.7. The highest BCUT2D eigenvalue weighted by Gasteiger charge is 2.14. The number of phenolic OH excluding ortho intramolecular Hbond substituents is 1. The molecule has 3 aromatic rings. The number of hydrogen-bond acceptors (Lipinski definition) is 3. The lowest BCUT2D eigenvalue weighted by Crippen LogP contribution is -1.89.